The number of amides is 1. The van der Waals surface area contributed by atoms with Gasteiger partial charge < -0.3 is 14.8 Å². The number of esters is 1. The summed E-state index contributed by atoms with van der Waals surface area (Å²) in [6.45, 7) is 3.95. The standard InChI is InChI=1S/C19H19N5O6/c1-4-23-16-7-5-12(9-14(16)21-22-23)19(26)30-11(2)18(25)20-15-10-13(24(27)28)6-8-17(15)29-3/h5-11H,4H2,1-3H3,(H,20,25)/t11-/m1/s1. The molecule has 0 aliphatic heterocycles. The molecule has 156 valence electrons. The van der Waals surface area contributed by atoms with Crippen LogP contribution in [0.1, 0.15) is 24.2 Å². The molecule has 11 nitrogen and oxygen atoms in total. The second kappa shape index (κ2) is 8.55. The Balaban J connectivity index is 1.72. The highest BCUT2D eigenvalue weighted by Gasteiger charge is 2.22. The number of benzene rings is 2. The van der Waals surface area contributed by atoms with Crippen molar-refractivity contribution < 1.29 is 24.0 Å². The number of nitrogens with zero attached hydrogens (tertiary/aromatic N) is 4. The maximum absolute atomic E-state index is 12.4. The summed E-state index contributed by atoms with van der Waals surface area (Å²) in [5.74, 6) is -1.14. The Morgan fingerprint density at radius 2 is 2.03 bits per heavy atom. The Kier molecular flexibility index (Phi) is 5.90. The van der Waals surface area contributed by atoms with Gasteiger partial charge >= 0.3 is 5.97 Å². The highest BCUT2D eigenvalue weighted by Crippen LogP contribution is 2.29. The maximum Gasteiger partial charge on any atom is 0.338 e. The van der Waals surface area contributed by atoms with Gasteiger partial charge in [0.2, 0.25) is 0 Å². The fraction of sp³-hybridized carbons (Fsp3) is 0.263. The number of fused-ring (bicyclic) bond motifs is 1. The number of nitro groups is 1. The predicted octanol–water partition coefficient (Wildman–Crippen LogP) is 2.55. The van der Waals surface area contributed by atoms with E-state index in [9.17, 15) is 19.7 Å². The van der Waals surface area contributed by atoms with Gasteiger partial charge in [0.25, 0.3) is 11.6 Å². The minimum atomic E-state index is -1.16. The van der Waals surface area contributed by atoms with Gasteiger partial charge in [-0.05, 0) is 38.1 Å². The Morgan fingerprint density at radius 1 is 1.27 bits per heavy atom. The number of aryl methyl sites for hydroxylation is 1. The van der Waals surface area contributed by atoms with E-state index < -0.39 is 22.9 Å². The van der Waals surface area contributed by atoms with Crippen molar-refractivity contribution in [3.63, 3.8) is 0 Å². The number of carbonyl (C=O) groups is 2. The third-order valence-corrected chi connectivity index (χ3v) is 4.35. The zero-order valence-corrected chi connectivity index (χ0v) is 16.5. The summed E-state index contributed by atoms with van der Waals surface area (Å²) < 4.78 is 12.0. The molecule has 0 spiro atoms. The molecular weight excluding hydrogens is 394 g/mol. The molecule has 1 heterocycles. The van der Waals surface area contributed by atoms with Crippen molar-refractivity contribution in [1.29, 1.82) is 0 Å². The molecule has 0 saturated heterocycles. The van der Waals surface area contributed by atoms with Gasteiger partial charge in [0.05, 0.1) is 28.8 Å². The quantitative estimate of drug-likeness (QED) is 0.354. The fourth-order valence-electron chi connectivity index (χ4n) is 2.76. The average Bonchev–Trinajstić information content (AvgIpc) is 3.15. The van der Waals surface area contributed by atoms with Crippen LogP contribution in [0, 0.1) is 10.1 Å². The lowest BCUT2D eigenvalue weighted by Crippen LogP contribution is -2.30. The molecule has 11 heteroatoms. The van der Waals surface area contributed by atoms with Crippen molar-refractivity contribution in [1.82, 2.24) is 15.0 Å². The first kappa shape index (κ1) is 20.7. The molecule has 2 aromatic carbocycles. The smallest absolute Gasteiger partial charge is 0.338 e. The van der Waals surface area contributed by atoms with E-state index in [2.05, 4.69) is 15.6 Å². The molecule has 0 unspecified atom stereocenters. The van der Waals surface area contributed by atoms with Crippen LogP contribution in [-0.2, 0) is 16.1 Å². The van der Waals surface area contributed by atoms with Crippen LogP contribution >= 0.6 is 0 Å². The Morgan fingerprint density at radius 3 is 2.70 bits per heavy atom. The number of hydrogen-bond donors (Lipinski definition) is 1. The van der Waals surface area contributed by atoms with Crippen molar-refractivity contribution in [2.45, 2.75) is 26.5 Å². The Bertz CT molecular complexity index is 1130. The lowest BCUT2D eigenvalue weighted by molar-refractivity contribution is -0.384. The van der Waals surface area contributed by atoms with E-state index in [1.54, 1.807) is 16.8 Å². The molecule has 0 aliphatic rings. The highest BCUT2D eigenvalue weighted by molar-refractivity contribution is 5.99. The molecule has 30 heavy (non-hydrogen) atoms. The van der Waals surface area contributed by atoms with Gasteiger partial charge in [-0.2, -0.15) is 0 Å². The average molecular weight is 413 g/mol. The molecule has 0 aliphatic carbocycles. The van der Waals surface area contributed by atoms with Crippen molar-refractivity contribution in [2.75, 3.05) is 12.4 Å². The second-order valence-corrected chi connectivity index (χ2v) is 6.29. The van der Waals surface area contributed by atoms with Gasteiger partial charge in [-0.1, -0.05) is 5.21 Å². The van der Waals surface area contributed by atoms with Gasteiger partial charge in [-0.25, -0.2) is 9.48 Å². The first-order valence-corrected chi connectivity index (χ1v) is 9.01. The number of methoxy groups -OCH3 is 1. The fourth-order valence-corrected chi connectivity index (χ4v) is 2.76. The topological polar surface area (TPSA) is 138 Å². The van der Waals surface area contributed by atoms with Gasteiger partial charge in [0, 0.05) is 18.7 Å². The van der Waals surface area contributed by atoms with Crippen LogP contribution in [0.2, 0.25) is 0 Å². The molecule has 1 atom stereocenters. The summed E-state index contributed by atoms with van der Waals surface area (Å²) in [4.78, 5) is 35.2. The van der Waals surface area contributed by atoms with Crippen LogP contribution in [0.5, 0.6) is 5.75 Å². The SMILES string of the molecule is CCn1nnc2cc(C(=O)O[C@H](C)C(=O)Nc3cc([N+](=O)[O-])ccc3OC)ccc21. The lowest BCUT2D eigenvalue weighted by atomic mass is 10.2. The van der Waals surface area contributed by atoms with Crippen LogP contribution in [0.4, 0.5) is 11.4 Å². The number of anilines is 1. The molecule has 0 saturated carbocycles. The molecule has 0 bridgehead atoms. The van der Waals surface area contributed by atoms with E-state index >= 15 is 0 Å². The minimum absolute atomic E-state index is 0.0946. The third-order valence-electron chi connectivity index (χ3n) is 4.35. The monoisotopic (exact) mass is 413 g/mol. The lowest BCUT2D eigenvalue weighted by Gasteiger charge is -2.15. The summed E-state index contributed by atoms with van der Waals surface area (Å²) >= 11 is 0. The van der Waals surface area contributed by atoms with E-state index in [4.69, 9.17) is 9.47 Å². The minimum Gasteiger partial charge on any atom is -0.495 e. The molecule has 0 radical (unpaired) electrons. The molecule has 3 rings (SSSR count). The third kappa shape index (κ3) is 4.19. The second-order valence-electron chi connectivity index (χ2n) is 6.29. The van der Waals surface area contributed by atoms with E-state index in [-0.39, 0.29) is 22.7 Å². The number of aromatic nitrogens is 3. The number of ether oxygens (including phenoxy) is 2. The molecule has 1 aromatic heterocycles. The summed E-state index contributed by atoms with van der Waals surface area (Å²) in [6.07, 6.45) is -1.16. The normalized spacial score (nSPS) is 11.7. The molecule has 1 amide bonds. The van der Waals surface area contributed by atoms with Crippen LogP contribution in [-0.4, -0.2) is 45.0 Å². The first-order chi connectivity index (χ1) is 14.3. The van der Waals surface area contributed by atoms with Gasteiger partial charge in [-0.15, -0.1) is 5.10 Å². The molecule has 3 aromatic rings. The van der Waals surface area contributed by atoms with Crippen molar-refractivity contribution in [3.05, 3.63) is 52.1 Å². The maximum atomic E-state index is 12.4. The number of carbonyl (C=O) groups excluding carboxylic acids is 2. The Hall–Kier alpha value is -4.02. The summed E-state index contributed by atoms with van der Waals surface area (Å²) in [6, 6.07) is 8.58. The van der Waals surface area contributed by atoms with Crippen molar-refractivity contribution in [3.8, 4) is 5.75 Å². The van der Waals surface area contributed by atoms with E-state index in [0.717, 1.165) is 11.6 Å². The predicted molar refractivity (Wildman–Crippen MR) is 106 cm³/mol. The van der Waals surface area contributed by atoms with Gasteiger partial charge in [0.1, 0.15) is 11.3 Å². The van der Waals surface area contributed by atoms with Gasteiger partial charge in [0.15, 0.2) is 6.10 Å². The largest absolute Gasteiger partial charge is 0.495 e. The zero-order chi connectivity index (χ0) is 21.8. The van der Waals surface area contributed by atoms with Crippen LogP contribution in [0.25, 0.3) is 11.0 Å². The van der Waals surface area contributed by atoms with E-state index in [0.29, 0.717) is 12.1 Å². The van der Waals surface area contributed by atoms with E-state index in [1.165, 1.54) is 32.2 Å². The summed E-state index contributed by atoms with van der Waals surface area (Å²) in [7, 11) is 1.37. The van der Waals surface area contributed by atoms with Crippen molar-refractivity contribution >= 4 is 34.3 Å². The van der Waals surface area contributed by atoms with Gasteiger partial charge in [-0.3, -0.25) is 14.9 Å². The first-order valence-electron chi connectivity index (χ1n) is 9.01. The van der Waals surface area contributed by atoms with Crippen LogP contribution in [0.15, 0.2) is 36.4 Å². The molecule has 0 fully saturated rings. The van der Waals surface area contributed by atoms with Crippen LogP contribution < -0.4 is 10.1 Å². The zero-order valence-electron chi connectivity index (χ0n) is 16.5. The number of non-ortho nitro benzene ring substituents is 1. The summed E-state index contributed by atoms with van der Waals surface area (Å²) in [5.41, 5.74) is 1.40. The summed E-state index contributed by atoms with van der Waals surface area (Å²) in [5, 5.41) is 21.4. The molecular formula is C19H19N5O6. The Labute approximate surface area is 170 Å². The van der Waals surface area contributed by atoms with Crippen molar-refractivity contribution in [2.24, 2.45) is 0 Å². The number of hydrogen-bond acceptors (Lipinski definition) is 8. The molecule has 1 N–H and O–H groups in total. The highest BCUT2D eigenvalue weighted by atomic mass is 16.6. The number of nitrogens with one attached hydrogen (secondary N) is 1. The van der Waals surface area contributed by atoms with Crippen LogP contribution in [0.3, 0.4) is 0 Å². The number of nitro benzene ring substituents is 1. The number of rotatable bonds is 7. The van der Waals surface area contributed by atoms with E-state index in [1.807, 2.05) is 6.92 Å².